The average Bonchev–Trinajstić information content (AvgIpc) is 3.15. The largest absolute Gasteiger partial charge is 0.467 e. The van der Waals surface area contributed by atoms with Crippen LogP contribution in [0.4, 0.5) is 0 Å². The summed E-state index contributed by atoms with van der Waals surface area (Å²) in [4.78, 5) is 14.4. The van der Waals surface area contributed by atoms with Crippen molar-refractivity contribution in [1.82, 2.24) is 4.90 Å². The van der Waals surface area contributed by atoms with Crippen LogP contribution in [-0.4, -0.2) is 28.5 Å². The van der Waals surface area contributed by atoms with Gasteiger partial charge < -0.3 is 14.4 Å². The number of nitrogens with zero attached hydrogens (tertiary/aromatic N) is 1. The molecule has 0 spiro atoms. The molecule has 0 aliphatic carbocycles. The molecule has 2 heterocycles. The Kier molecular flexibility index (Phi) is 5.85. The van der Waals surface area contributed by atoms with Crippen molar-refractivity contribution in [1.29, 1.82) is 0 Å². The van der Waals surface area contributed by atoms with Crippen molar-refractivity contribution in [3.63, 3.8) is 0 Å². The minimum Gasteiger partial charge on any atom is -0.467 e. The molecule has 118 valence electrons. The molecule has 1 N–H and O–H groups in total. The normalized spacial score (nSPS) is 20.2. The van der Waals surface area contributed by atoms with E-state index in [9.17, 15) is 9.90 Å². The van der Waals surface area contributed by atoms with E-state index < -0.39 is 6.10 Å². The van der Waals surface area contributed by atoms with Crippen LogP contribution >= 0.6 is 0 Å². The van der Waals surface area contributed by atoms with Gasteiger partial charge in [-0.25, -0.2) is 0 Å². The number of aliphatic hydroxyl groups is 1. The van der Waals surface area contributed by atoms with Crippen molar-refractivity contribution >= 4 is 5.91 Å². The van der Waals surface area contributed by atoms with Gasteiger partial charge in [-0.05, 0) is 30.9 Å². The molecular weight excluding hydrogens is 266 g/mol. The second-order valence-electron chi connectivity index (χ2n) is 6.04. The summed E-state index contributed by atoms with van der Waals surface area (Å²) in [7, 11) is 0. The molecule has 1 aliphatic rings. The number of amides is 1. The quantitative estimate of drug-likeness (QED) is 0.837. The average molecular weight is 293 g/mol. The Morgan fingerprint density at radius 1 is 1.48 bits per heavy atom. The third-order valence-electron chi connectivity index (χ3n) is 4.68. The van der Waals surface area contributed by atoms with E-state index in [1.807, 2.05) is 4.90 Å². The maximum Gasteiger partial charge on any atom is 0.223 e. The molecule has 4 heteroatoms. The van der Waals surface area contributed by atoms with Gasteiger partial charge in [-0.15, -0.1) is 0 Å². The Morgan fingerprint density at radius 2 is 2.24 bits per heavy atom. The van der Waals surface area contributed by atoms with Gasteiger partial charge in [0.2, 0.25) is 5.91 Å². The summed E-state index contributed by atoms with van der Waals surface area (Å²) in [5.41, 5.74) is 0. The van der Waals surface area contributed by atoms with Gasteiger partial charge in [-0.1, -0.05) is 26.7 Å². The van der Waals surface area contributed by atoms with E-state index in [-0.39, 0.29) is 11.9 Å². The highest BCUT2D eigenvalue weighted by Gasteiger charge is 2.31. The van der Waals surface area contributed by atoms with Crippen LogP contribution in [0.2, 0.25) is 0 Å². The van der Waals surface area contributed by atoms with Crippen LogP contribution in [0.15, 0.2) is 22.8 Å². The predicted octanol–water partition coefficient (Wildman–Crippen LogP) is 3.52. The second-order valence-corrected chi connectivity index (χ2v) is 6.04. The number of furan rings is 1. The van der Waals surface area contributed by atoms with Crippen molar-refractivity contribution in [3.05, 3.63) is 24.2 Å². The standard InChI is InChI=1S/C17H27NO3/c1-3-13(4-2)11-17(20)18-9-5-7-14(18)12-15(19)16-8-6-10-21-16/h6,8,10,13-15,19H,3-5,7,9,11-12H2,1-2H3. The first-order valence-corrected chi connectivity index (χ1v) is 8.16. The third kappa shape index (κ3) is 4.10. The molecule has 2 atom stereocenters. The maximum atomic E-state index is 12.5. The van der Waals surface area contributed by atoms with E-state index in [0.29, 0.717) is 24.5 Å². The van der Waals surface area contributed by atoms with Gasteiger partial charge >= 0.3 is 0 Å². The predicted molar refractivity (Wildman–Crippen MR) is 81.7 cm³/mol. The van der Waals surface area contributed by atoms with Crippen LogP contribution in [0.3, 0.4) is 0 Å². The number of carbonyl (C=O) groups excluding carboxylic acids is 1. The zero-order chi connectivity index (χ0) is 15.2. The van der Waals surface area contributed by atoms with Gasteiger partial charge in [-0.3, -0.25) is 4.79 Å². The molecule has 0 bridgehead atoms. The van der Waals surface area contributed by atoms with Crippen molar-refractivity contribution in [2.75, 3.05) is 6.54 Å². The first kappa shape index (κ1) is 16.1. The van der Waals surface area contributed by atoms with Crippen LogP contribution in [0.5, 0.6) is 0 Å². The van der Waals surface area contributed by atoms with E-state index in [2.05, 4.69) is 13.8 Å². The van der Waals surface area contributed by atoms with Gasteiger partial charge in [0.1, 0.15) is 11.9 Å². The summed E-state index contributed by atoms with van der Waals surface area (Å²) in [6, 6.07) is 3.71. The lowest BCUT2D eigenvalue weighted by molar-refractivity contribution is -0.133. The first-order chi connectivity index (χ1) is 10.2. The number of hydrogen-bond acceptors (Lipinski definition) is 3. The van der Waals surface area contributed by atoms with Crippen LogP contribution in [0, 0.1) is 5.92 Å². The molecule has 4 nitrogen and oxygen atoms in total. The molecule has 1 fully saturated rings. The van der Waals surface area contributed by atoms with Crippen LogP contribution < -0.4 is 0 Å². The molecule has 1 aliphatic heterocycles. The lowest BCUT2D eigenvalue weighted by Crippen LogP contribution is -2.37. The summed E-state index contributed by atoms with van der Waals surface area (Å²) < 4.78 is 5.25. The van der Waals surface area contributed by atoms with Gasteiger partial charge in [0.05, 0.1) is 6.26 Å². The van der Waals surface area contributed by atoms with E-state index >= 15 is 0 Å². The third-order valence-corrected chi connectivity index (χ3v) is 4.68. The molecule has 1 amide bonds. The van der Waals surface area contributed by atoms with Gasteiger partial charge in [0.15, 0.2) is 0 Å². The Labute approximate surface area is 127 Å². The highest BCUT2D eigenvalue weighted by Crippen LogP contribution is 2.29. The summed E-state index contributed by atoms with van der Waals surface area (Å²) in [5, 5.41) is 10.2. The van der Waals surface area contributed by atoms with Gasteiger partial charge in [0, 0.05) is 25.4 Å². The smallest absolute Gasteiger partial charge is 0.223 e. The van der Waals surface area contributed by atoms with Crippen molar-refractivity contribution in [3.8, 4) is 0 Å². The SMILES string of the molecule is CCC(CC)CC(=O)N1CCCC1CC(O)c1ccco1. The Balaban J connectivity index is 1.92. The number of rotatable bonds is 7. The van der Waals surface area contributed by atoms with Crippen molar-refractivity contribution in [2.45, 2.75) is 64.5 Å². The molecular formula is C17H27NO3. The Bertz CT molecular complexity index is 425. The van der Waals surface area contributed by atoms with Gasteiger partial charge in [0.25, 0.3) is 0 Å². The molecule has 0 radical (unpaired) electrons. The topological polar surface area (TPSA) is 53.7 Å². The lowest BCUT2D eigenvalue weighted by Gasteiger charge is -2.27. The molecule has 1 aromatic heterocycles. The molecule has 21 heavy (non-hydrogen) atoms. The van der Waals surface area contributed by atoms with Crippen LogP contribution in [-0.2, 0) is 4.79 Å². The molecule has 1 saturated heterocycles. The minimum atomic E-state index is -0.619. The van der Waals surface area contributed by atoms with Crippen LogP contribution in [0.1, 0.15) is 64.2 Å². The van der Waals surface area contributed by atoms with Gasteiger partial charge in [-0.2, -0.15) is 0 Å². The Morgan fingerprint density at radius 3 is 2.86 bits per heavy atom. The summed E-state index contributed by atoms with van der Waals surface area (Å²) in [6.45, 7) is 5.11. The lowest BCUT2D eigenvalue weighted by atomic mass is 9.98. The fourth-order valence-corrected chi connectivity index (χ4v) is 3.21. The van der Waals surface area contributed by atoms with Crippen LogP contribution in [0.25, 0.3) is 0 Å². The summed E-state index contributed by atoms with van der Waals surface area (Å²) in [6.07, 6.45) is 6.28. The highest BCUT2D eigenvalue weighted by atomic mass is 16.4. The molecule has 0 aromatic carbocycles. The van der Waals surface area contributed by atoms with E-state index in [1.165, 1.54) is 0 Å². The van der Waals surface area contributed by atoms with E-state index in [4.69, 9.17) is 4.42 Å². The number of aliphatic hydroxyl groups excluding tert-OH is 1. The monoisotopic (exact) mass is 293 g/mol. The fourth-order valence-electron chi connectivity index (χ4n) is 3.21. The molecule has 1 aromatic rings. The first-order valence-electron chi connectivity index (χ1n) is 8.16. The summed E-state index contributed by atoms with van der Waals surface area (Å²) >= 11 is 0. The number of hydrogen-bond donors (Lipinski definition) is 1. The zero-order valence-corrected chi connectivity index (χ0v) is 13.1. The minimum absolute atomic E-state index is 0.145. The number of likely N-dealkylation sites (tertiary alicyclic amines) is 1. The summed E-state index contributed by atoms with van der Waals surface area (Å²) in [5.74, 6) is 1.32. The van der Waals surface area contributed by atoms with Crippen molar-refractivity contribution in [2.24, 2.45) is 5.92 Å². The zero-order valence-electron chi connectivity index (χ0n) is 13.1. The van der Waals surface area contributed by atoms with E-state index in [1.54, 1.807) is 18.4 Å². The van der Waals surface area contributed by atoms with E-state index in [0.717, 1.165) is 32.2 Å². The Hall–Kier alpha value is -1.29. The fraction of sp³-hybridized carbons (Fsp3) is 0.706. The maximum absolute atomic E-state index is 12.5. The number of carbonyl (C=O) groups is 1. The van der Waals surface area contributed by atoms with Crippen molar-refractivity contribution < 1.29 is 14.3 Å². The molecule has 0 saturated carbocycles. The molecule has 2 unspecified atom stereocenters. The second kappa shape index (κ2) is 7.64. The highest BCUT2D eigenvalue weighted by molar-refractivity contribution is 5.77. The molecule has 2 rings (SSSR count).